The highest BCUT2D eigenvalue weighted by Gasteiger charge is 2.23. The first-order chi connectivity index (χ1) is 3.34. The summed E-state index contributed by atoms with van der Waals surface area (Å²) in [4.78, 5) is 0. The number of rotatable bonds is 2. The molecule has 1 fully saturated rings. The second-order valence-electron chi connectivity index (χ2n) is 2.03. The summed E-state index contributed by atoms with van der Waals surface area (Å²) in [5.41, 5.74) is 0. The Morgan fingerprint density at radius 2 is 2.14 bits per heavy atom. The lowest BCUT2D eigenvalue weighted by molar-refractivity contribution is 0.351. The van der Waals surface area contributed by atoms with Crippen molar-refractivity contribution in [3.8, 4) is 0 Å². The summed E-state index contributed by atoms with van der Waals surface area (Å²) in [5, 5.41) is 4.52. The van der Waals surface area contributed by atoms with Crippen LogP contribution in [0.4, 0.5) is 0 Å². The molecule has 1 aliphatic rings. The molecule has 2 nitrogen and oxygen atoms in total. The summed E-state index contributed by atoms with van der Waals surface area (Å²) in [5.74, 6) is 0. The average Bonchev–Trinajstić information content (AvgIpc) is 2.22. The van der Waals surface area contributed by atoms with Crippen LogP contribution in [0.15, 0.2) is 0 Å². The second kappa shape index (κ2) is 1.80. The van der Waals surface area contributed by atoms with E-state index >= 15 is 0 Å². The summed E-state index contributed by atoms with van der Waals surface area (Å²) in [7, 11) is 2.11. The fourth-order valence-corrected chi connectivity index (χ4v) is 0.708. The van der Waals surface area contributed by atoms with Gasteiger partial charge in [-0.3, -0.25) is 0 Å². The molecule has 0 aromatic rings. The summed E-state index contributed by atoms with van der Waals surface area (Å²) in [6.45, 7) is 4.61. The van der Waals surface area contributed by atoms with E-state index in [-0.39, 0.29) is 0 Å². The van der Waals surface area contributed by atoms with Crippen molar-refractivity contribution in [2.45, 2.75) is 13.3 Å². The smallest absolute Gasteiger partial charge is 0.0784 e. The molecule has 1 heterocycles. The van der Waals surface area contributed by atoms with Gasteiger partial charge < -0.3 is 0 Å². The molecular formula is C5H12N2. The molecule has 1 saturated heterocycles. The van der Waals surface area contributed by atoms with Crippen LogP contribution in [0.5, 0.6) is 0 Å². The summed E-state index contributed by atoms with van der Waals surface area (Å²) in [6.07, 6.45) is 1.27. The van der Waals surface area contributed by atoms with Crippen LogP contribution < -0.4 is 0 Å². The third kappa shape index (κ3) is 1.14. The van der Waals surface area contributed by atoms with Crippen molar-refractivity contribution in [1.82, 2.24) is 10.0 Å². The predicted molar refractivity (Wildman–Crippen MR) is 29.6 cm³/mol. The first-order valence-electron chi connectivity index (χ1n) is 2.80. The maximum Gasteiger partial charge on any atom is 0.0784 e. The van der Waals surface area contributed by atoms with Crippen molar-refractivity contribution < 1.29 is 0 Å². The van der Waals surface area contributed by atoms with E-state index in [1.54, 1.807) is 0 Å². The first kappa shape index (κ1) is 5.06. The van der Waals surface area contributed by atoms with E-state index in [1.165, 1.54) is 19.6 Å². The van der Waals surface area contributed by atoms with Gasteiger partial charge in [0.25, 0.3) is 0 Å². The van der Waals surface area contributed by atoms with Crippen molar-refractivity contribution in [3.05, 3.63) is 0 Å². The third-order valence-electron chi connectivity index (χ3n) is 1.25. The van der Waals surface area contributed by atoms with E-state index in [4.69, 9.17) is 0 Å². The maximum absolute atomic E-state index is 2.31. The van der Waals surface area contributed by atoms with E-state index in [0.717, 1.165) is 0 Å². The van der Waals surface area contributed by atoms with Crippen LogP contribution in [0.1, 0.15) is 13.3 Å². The Labute approximate surface area is 44.7 Å². The van der Waals surface area contributed by atoms with Crippen LogP contribution in [0.3, 0.4) is 0 Å². The highest BCUT2D eigenvalue weighted by molar-refractivity contribution is 4.61. The van der Waals surface area contributed by atoms with Crippen molar-refractivity contribution in [2.24, 2.45) is 0 Å². The predicted octanol–water partition coefficient (Wildman–Crippen LogP) is 0.516. The van der Waals surface area contributed by atoms with Gasteiger partial charge in [0, 0.05) is 13.6 Å². The monoisotopic (exact) mass is 100 g/mol. The van der Waals surface area contributed by atoms with Gasteiger partial charge in [-0.05, 0) is 6.42 Å². The minimum absolute atomic E-state index is 1.17. The molecule has 0 aromatic carbocycles. The zero-order chi connectivity index (χ0) is 5.28. The lowest BCUT2D eigenvalue weighted by atomic mass is 10.5. The van der Waals surface area contributed by atoms with Crippen molar-refractivity contribution in [1.29, 1.82) is 0 Å². The van der Waals surface area contributed by atoms with Gasteiger partial charge in [-0.25, -0.2) is 10.0 Å². The summed E-state index contributed by atoms with van der Waals surface area (Å²) >= 11 is 0. The Morgan fingerprint density at radius 1 is 1.57 bits per heavy atom. The minimum Gasteiger partial charge on any atom is -0.228 e. The molecule has 42 valence electrons. The molecule has 1 rings (SSSR count). The topological polar surface area (TPSA) is 6.02 Å². The van der Waals surface area contributed by atoms with Crippen LogP contribution in [0.25, 0.3) is 0 Å². The fraction of sp³-hybridized carbons (Fsp3) is 1.00. The highest BCUT2D eigenvalue weighted by Crippen LogP contribution is 2.09. The Bertz CT molecular complexity index is 63.1. The van der Waals surface area contributed by atoms with Crippen LogP contribution in [0.2, 0.25) is 0 Å². The molecule has 0 spiro atoms. The Hall–Kier alpha value is -0.0800. The number of hydrogen-bond acceptors (Lipinski definition) is 2. The van der Waals surface area contributed by atoms with Crippen molar-refractivity contribution >= 4 is 0 Å². The molecule has 2 heteroatoms. The molecule has 0 bridgehead atoms. The Kier molecular flexibility index (Phi) is 1.30. The molecule has 0 aliphatic carbocycles. The van der Waals surface area contributed by atoms with Crippen LogP contribution >= 0.6 is 0 Å². The Balaban J connectivity index is 1.98. The van der Waals surface area contributed by atoms with E-state index < -0.39 is 0 Å². The normalized spacial score (nSPS) is 38.6. The molecule has 7 heavy (non-hydrogen) atoms. The largest absolute Gasteiger partial charge is 0.228 e. The van der Waals surface area contributed by atoms with Gasteiger partial charge >= 0.3 is 0 Å². The zero-order valence-electron chi connectivity index (χ0n) is 5.02. The molecule has 0 aromatic heterocycles. The van der Waals surface area contributed by atoms with Gasteiger partial charge in [0.1, 0.15) is 0 Å². The van der Waals surface area contributed by atoms with Crippen LogP contribution in [-0.2, 0) is 0 Å². The number of hydrazine groups is 1. The van der Waals surface area contributed by atoms with Crippen LogP contribution in [0, 0.1) is 0 Å². The molecule has 1 aliphatic heterocycles. The highest BCUT2D eigenvalue weighted by atomic mass is 15.8. The van der Waals surface area contributed by atoms with Gasteiger partial charge in [0.2, 0.25) is 0 Å². The Morgan fingerprint density at radius 3 is 2.29 bits per heavy atom. The van der Waals surface area contributed by atoms with Gasteiger partial charge in [0.05, 0.1) is 6.67 Å². The molecule has 2 unspecified atom stereocenters. The van der Waals surface area contributed by atoms with E-state index in [1.807, 2.05) is 0 Å². The molecule has 0 saturated carbocycles. The standard InChI is InChI=1S/C5H12N2/c1-3-4-7-5-6(7)2/h3-5H2,1-2H3. The number of nitrogens with zero attached hydrogens (tertiary/aromatic N) is 2. The quantitative estimate of drug-likeness (QED) is 0.466. The third-order valence-corrected chi connectivity index (χ3v) is 1.25. The summed E-state index contributed by atoms with van der Waals surface area (Å²) in [6, 6.07) is 0. The lowest BCUT2D eigenvalue weighted by Crippen LogP contribution is -2.02. The molecular weight excluding hydrogens is 88.1 g/mol. The second-order valence-corrected chi connectivity index (χ2v) is 2.03. The van der Waals surface area contributed by atoms with E-state index in [0.29, 0.717) is 0 Å². The van der Waals surface area contributed by atoms with Gasteiger partial charge in [-0.1, -0.05) is 6.92 Å². The molecule has 2 atom stereocenters. The fourth-order valence-electron chi connectivity index (χ4n) is 0.708. The van der Waals surface area contributed by atoms with Crippen molar-refractivity contribution in [3.63, 3.8) is 0 Å². The van der Waals surface area contributed by atoms with Gasteiger partial charge in [-0.15, -0.1) is 0 Å². The van der Waals surface area contributed by atoms with E-state index in [9.17, 15) is 0 Å². The first-order valence-corrected chi connectivity index (χ1v) is 2.80. The summed E-state index contributed by atoms with van der Waals surface area (Å²) < 4.78 is 0. The zero-order valence-corrected chi connectivity index (χ0v) is 5.02. The average molecular weight is 100 g/mol. The maximum atomic E-state index is 2.31. The van der Waals surface area contributed by atoms with Crippen LogP contribution in [-0.4, -0.2) is 30.3 Å². The van der Waals surface area contributed by atoms with Crippen molar-refractivity contribution in [2.75, 3.05) is 20.3 Å². The van der Waals surface area contributed by atoms with E-state index in [2.05, 4.69) is 24.0 Å². The molecule has 0 N–H and O–H groups in total. The van der Waals surface area contributed by atoms with Gasteiger partial charge in [0.15, 0.2) is 0 Å². The van der Waals surface area contributed by atoms with Gasteiger partial charge in [-0.2, -0.15) is 0 Å². The molecule has 0 radical (unpaired) electrons. The molecule has 0 amide bonds. The number of hydrogen-bond donors (Lipinski definition) is 0. The minimum atomic E-state index is 1.17. The lowest BCUT2D eigenvalue weighted by Gasteiger charge is -1.93. The SMILES string of the molecule is CCCN1CN1C.